The minimum absolute atomic E-state index is 0.00885. The number of urea groups is 1. The minimum Gasteiger partial charge on any atom is -0.345 e. The van der Waals surface area contributed by atoms with Gasteiger partial charge in [0.2, 0.25) is 0 Å². The van der Waals surface area contributed by atoms with Gasteiger partial charge < -0.3 is 16.0 Å². The molecule has 3 unspecified atom stereocenters. The van der Waals surface area contributed by atoms with Crippen molar-refractivity contribution in [3.8, 4) is 0 Å². The summed E-state index contributed by atoms with van der Waals surface area (Å²) in [5.41, 5.74) is 2.26. The molecule has 1 aliphatic rings. The molecule has 0 bridgehead atoms. The first-order valence-electron chi connectivity index (χ1n) is 9.47. The molecular weight excluding hydrogens is 338 g/mol. The number of amides is 3. The summed E-state index contributed by atoms with van der Waals surface area (Å²) in [6.45, 7) is 6.00. The normalized spacial score (nSPS) is 19.3. The van der Waals surface area contributed by atoms with Crippen LogP contribution in [0.3, 0.4) is 0 Å². The lowest BCUT2D eigenvalue weighted by Gasteiger charge is -2.20. The second-order valence-electron chi connectivity index (χ2n) is 7.57. The van der Waals surface area contributed by atoms with Crippen LogP contribution < -0.4 is 16.0 Å². The quantitative estimate of drug-likeness (QED) is 0.712. The topological polar surface area (TPSA) is 70.2 Å². The SMILES string of the molecule is CC(C)NC(=O)Nc1cccc(C(=O)NC(c2ccccc2)C2CC2C)c1. The zero-order chi connectivity index (χ0) is 19.4. The van der Waals surface area contributed by atoms with E-state index in [0.29, 0.717) is 23.1 Å². The smallest absolute Gasteiger partial charge is 0.319 e. The molecule has 2 aromatic carbocycles. The van der Waals surface area contributed by atoms with Gasteiger partial charge in [0.1, 0.15) is 0 Å². The third kappa shape index (κ3) is 5.09. The van der Waals surface area contributed by atoms with E-state index < -0.39 is 0 Å². The Balaban J connectivity index is 1.71. The number of rotatable bonds is 6. The fraction of sp³-hybridized carbons (Fsp3) is 0.364. The average Bonchev–Trinajstić information content (AvgIpc) is 3.36. The molecule has 3 amide bonds. The molecule has 3 N–H and O–H groups in total. The molecule has 0 spiro atoms. The number of carbonyl (C=O) groups excluding carboxylic acids is 2. The van der Waals surface area contributed by atoms with Crippen molar-refractivity contribution >= 4 is 17.6 Å². The van der Waals surface area contributed by atoms with E-state index in [0.717, 1.165) is 12.0 Å². The molecular formula is C22H27N3O2. The van der Waals surface area contributed by atoms with Gasteiger partial charge in [-0.25, -0.2) is 4.79 Å². The molecule has 5 nitrogen and oxygen atoms in total. The maximum Gasteiger partial charge on any atom is 0.319 e. The number of anilines is 1. The van der Waals surface area contributed by atoms with Crippen molar-refractivity contribution in [2.75, 3.05) is 5.32 Å². The monoisotopic (exact) mass is 365 g/mol. The highest BCUT2D eigenvalue weighted by atomic mass is 16.2. The van der Waals surface area contributed by atoms with Crippen LogP contribution in [-0.4, -0.2) is 18.0 Å². The molecule has 0 aliphatic heterocycles. The Bertz CT molecular complexity index is 804. The molecule has 0 aromatic heterocycles. The first-order valence-corrected chi connectivity index (χ1v) is 9.47. The molecule has 2 aromatic rings. The van der Waals surface area contributed by atoms with Crippen molar-refractivity contribution in [1.29, 1.82) is 0 Å². The maximum absolute atomic E-state index is 12.8. The third-order valence-electron chi connectivity index (χ3n) is 4.85. The van der Waals surface area contributed by atoms with Gasteiger partial charge in [0.25, 0.3) is 5.91 Å². The minimum atomic E-state index is -0.281. The first-order chi connectivity index (χ1) is 12.9. The van der Waals surface area contributed by atoms with E-state index in [-0.39, 0.29) is 24.0 Å². The molecule has 0 saturated heterocycles. The van der Waals surface area contributed by atoms with Gasteiger partial charge in [-0.2, -0.15) is 0 Å². The molecule has 1 fully saturated rings. The van der Waals surface area contributed by atoms with Crippen LogP contribution in [0.2, 0.25) is 0 Å². The molecule has 1 aliphatic carbocycles. The van der Waals surface area contributed by atoms with Crippen molar-refractivity contribution in [3.63, 3.8) is 0 Å². The number of carbonyl (C=O) groups is 2. The summed E-state index contributed by atoms with van der Waals surface area (Å²) < 4.78 is 0. The zero-order valence-corrected chi connectivity index (χ0v) is 16.0. The van der Waals surface area contributed by atoms with Crippen LogP contribution in [-0.2, 0) is 0 Å². The predicted molar refractivity (Wildman–Crippen MR) is 108 cm³/mol. The molecule has 0 radical (unpaired) electrons. The summed E-state index contributed by atoms with van der Waals surface area (Å²) in [6.07, 6.45) is 1.12. The molecule has 3 atom stereocenters. The molecule has 142 valence electrons. The number of hydrogen-bond donors (Lipinski definition) is 3. The van der Waals surface area contributed by atoms with E-state index in [2.05, 4.69) is 35.0 Å². The highest BCUT2D eigenvalue weighted by molar-refractivity contribution is 5.97. The van der Waals surface area contributed by atoms with Crippen LogP contribution in [0.5, 0.6) is 0 Å². The summed E-state index contributed by atoms with van der Waals surface area (Å²) in [5, 5.41) is 8.72. The van der Waals surface area contributed by atoms with Gasteiger partial charge in [0, 0.05) is 17.3 Å². The largest absolute Gasteiger partial charge is 0.345 e. The Morgan fingerprint density at radius 2 is 1.70 bits per heavy atom. The van der Waals surface area contributed by atoms with Crippen molar-refractivity contribution in [1.82, 2.24) is 10.6 Å². The van der Waals surface area contributed by atoms with Crippen LogP contribution in [0.25, 0.3) is 0 Å². The van der Waals surface area contributed by atoms with Crippen LogP contribution in [0, 0.1) is 11.8 Å². The number of nitrogens with one attached hydrogen (secondary N) is 3. The van der Waals surface area contributed by atoms with Gasteiger partial charge in [-0.3, -0.25) is 4.79 Å². The van der Waals surface area contributed by atoms with Gasteiger partial charge in [0.15, 0.2) is 0 Å². The summed E-state index contributed by atoms with van der Waals surface area (Å²) >= 11 is 0. The second-order valence-corrected chi connectivity index (χ2v) is 7.57. The van der Waals surface area contributed by atoms with Gasteiger partial charge in [-0.05, 0) is 55.9 Å². The van der Waals surface area contributed by atoms with Gasteiger partial charge in [0.05, 0.1) is 6.04 Å². The molecule has 27 heavy (non-hydrogen) atoms. The van der Waals surface area contributed by atoms with Gasteiger partial charge in [-0.15, -0.1) is 0 Å². The molecule has 1 saturated carbocycles. The maximum atomic E-state index is 12.8. The van der Waals surface area contributed by atoms with E-state index in [1.165, 1.54) is 0 Å². The van der Waals surface area contributed by atoms with Crippen LogP contribution >= 0.6 is 0 Å². The zero-order valence-electron chi connectivity index (χ0n) is 16.0. The fourth-order valence-electron chi connectivity index (χ4n) is 3.31. The lowest BCUT2D eigenvalue weighted by molar-refractivity contribution is 0.0930. The Hall–Kier alpha value is -2.82. The van der Waals surface area contributed by atoms with Crippen LogP contribution in [0.1, 0.15) is 49.2 Å². The Labute approximate surface area is 160 Å². The van der Waals surface area contributed by atoms with Crippen LogP contribution in [0.15, 0.2) is 54.6 Å². The van der Waals surface area contributed by atoms with E-state index in [1.807, 2.05) is 32.0 Å². The van der Waals surface area contributed by atoms with E-state index in [4.69, 9.17) is 0 Å². The molecule has 0 heterocycles. The second kappa shape index (κ2) is 8.25. The highest BCUT2D eigenvalue weighted by Crippen LogP contribution is 2.47. The summed E-state index contributed by atoms with van der Waals surface area (Å²) in [7, 11) is 0. The number of benzene rings is 2. The van der Waals surface area contributed by atoms with Crippen molar-refractivity contribution in [2.45, 2.75) is 39.3 Å². The Kier molecular flexibility index (Phi) is 5.79. The van der Waals surface area contributed by atoms with Crippen molar-refractivity contribution in [2.24, 2.45) is 11.8 Å². The van der Waals surface area contributed by atoms with Crippen molar-refractivity contribution < 1.29 is 9.59 Å². The lowest BCUT2D eigenvalue weighted by atomic mass is 10.0. The van der Waals surface area contributed by atoms with E-state index in [1.54, 1.807) is 24.3 Å². The predicted octanol–water partition coefficient (Wildman–Crippen LogP) is 4.34. The Morgan fingerprint density at radius 1 is 1.00 bits per heavy atom. The summed E-state index contributed by atoms with van der Waals surface area (Å²) in [5.74, 6) is 0.952. The third-order valence-corrected chi connectivity index (χ3v) is 4.85. The first kappa shape index (κ1) is 19.0. The van der Waals surface area contributed by atoms with Crippen LogP contribution in [0.4, 0.5) is 10.5 Å². The summed E-state index contributed by atoms with van der Waals surface area (Å²) in [4.78, 5) is 24.7. The lowest BCUT2D eigenvalue weighted by Crippen LogP contribution is -2.34. The highest BCUT2D eigenvalue weighted by Gasteiger charge is 2.40. The average molecular weight is 365 g/mol. The molecule has 3 rings (SSSR count). The van der Waals surface area contributed by atoms with E-state index >= 15 is 0 Å². The summed E-state index contributed by atoms with van der Waals surface area (Å²) in [6, 6.07) is 16.9. The van der Waals surface area contributed by atoms with E-state index in [9.17, 15) is 9.59 Å². The number of hydrogen-bond acceptors (Lipinski definition) is 2. The van der Waals surface area contributed by atoms with Crippen molar-refractivity contribution in [3.05, 3.63) is 65.7 Å². The molecule has 5 heteroatoms. The Morgan fingerprint density at radius 3 is 2.33 bits per heavy atom. The van der Waals surface area contributed by atoms with Gasteiger partial charge in [-0.1, -0.05) is 43.3 Å². The standard InChI is InChI=1S/C22H27N3O2/c1-14(2)23-22(27)24-18-11-7-10-17(13-18)21(26)25-20(19-12-15(19)3)16-8-5-4-6-9-16/h4-11,13-15,19-20H,12H2,1-3H3,(H,25,26)(H2,23,24,27). The van der Waals surface area contributed by atoms with Gasteiger partial charge >= 0.3 is 6.03 Å². The fourth-order valence-corrected chi connectivity index (χ4v) is 3.31.